The summed E-state index contributed by atoms with van der Waals surface area (Å²) in [6, 6.07) is -0.566. The quantitative estimate of drug-likeness (QED) is 0.625. The zero-order chi connectivity index (χ0) is 14.8. The Balaban J connectivity index is 3.97. The Bertz CT molecular complexity index is 282. The van der Waals surface area contributed by atoms with E-state index in [-0.39, 0.29) is 18.5 Å². The minimum Gasteiger partial charge on any atom is -0.481 e. The standard InChI is InChI=1S/C13H26N2O4/c1-5-15(11(4)8-12(16)17)13(18)14-6-7-19-9-10(2)3/h10-11H,5-9H2,1-4H3,(H,14,18)(H,16,17). The number of hydrogen-bond acceptors (Lipinski definition) is 3. The van der Waals surface area contributed by atoms with Gasteiger partial charge in [-0.05, 0) is 19.8 Å². The molecule has 2 amide bonds. The van der Waals surface area contributed by atoms with E-state index in [0.717, 1.165) is 0 Å². The van der Waals surface area contributed by atoms with Gasteiger partial charge in [0.05, 0.1) is 13.0 Å². The van der Waals surface area contributed by atoms with Crippen LogP contribution in [0.4, 0.5) is 4.79 Å². The van der Waals surface area contributed by atoms with Gasteiger partial charge in [0.25, 0.3) is 0 Å². The van der Waals surface area contributed by atoms with Crippen LogP contribution in [0.2, 0.25) is 0 Å². The molecular formula is C13H26N2O4. The number of ether oxygens (including phenoxy) is 1. The van der Waals surface area contributed by atoms with Crippen LogP contribution >= 0.6 is 0 Å². The lowest BCUT2D eigenvalue weighted by Gasteiger charge is -2.27. The van der Waals surface area contributed by atoms with Crippen LogP contribution in [0, 0.1) is 5.92 Å². The second-order valence-electron chi connectivity index (χ2n) is 4.93. The third kappa shape index (κ3) is 8.42. The number of carbonyl (C=O) groups is 2. The molecule has 0 aliphatic rings. The molecule has 19 heavy (non-hydrogen) atoms. The van der Waals surface area contributed by atoms with Crippen LogP contribution in [0.15, 0.2) is 0 Å². The number of carboxylic acid groups (broad SMARTS) is 1. The van der Waals surface area contributed by atoms with E-state index in [1.54, 1.807) is 6.92 Å². The van der Waals surface area contributed by atoms with Crippen molar-refractivity contribution < 1.29 is 19.4 Å². The average molecular weight is 274 g/mol. The monoisotopic (exact) mass is 274 g/mol. The first-order valence-electron chi connectivity index (χ1n) is 6.72. The van der Waals surface area contributed by atoms with Crippen LogP contribution in [0.3, 0.4) is 0 Å². The number of carboxylic acids is 1. The highest BCUT2D eigenvalue weighted by atomic mass is 16.5. The van der Waals surface area contributed by atoms with Gasteiger partial charge in [0, 0.05) is 25.7 Å². The fourth-order valence-electron chi connectivity index (χ4n) is 1.67. The van der Waals surface area contributed by atoms with E-state index in [1.807, 2.05) is 6.92 Å². The lowest BCUT2D eigenvalue weighted by Crippen LogP contribution is -2.46. The van der Waals surface area contributed by atoms with Crippen LogP contribution < -0.4 is 5.32 Å². The molecule has 0 aliphatic carbocycles. The molecule has 0 bridgehead atoms. The summed E-state index contributed by atoms with van der Waals surface area (Å²) in [7, 11) is 0. The van der Waals surface area contributed by atoms with Gasteiger partial charge in [-0.15, -0.1) is 0 Å². The molecule has 0 radical (unpaired) electrons. The smallest absolute Gasteiger partial charge is 0.317 e. The summed E-state index contributed by atoms with van der Waals surface area (Å²) < 4.78 is 5.36. The number of nitrogens with one attached hydrogen (secondary N) is 1. The van der Waals surface area contributed by atoms with Crippen molar-refractivity contribution in [1.29, 1.82) is 0 Å². The molecule has 6 nitrogen and oxygen atoms in total. The maximum atomic E-state index is 11.9. The zero-order valence-electron chi connectivity index (χ0n) is 12.3. The summed E-state index contributed by atoms with van der Waals surface area (Å²) in [6.07, 6.45) is -0.0505. The minimum absolute atomic E-state index is 0.0505. The van der Waals surface area contributed by atoms with Gasteiger partial charge in [0.15, 0.2) is 0 Å². The average Bonchev–Trinajstić information content (AvgIpc) is 2.27. The molecule has 1 unspecified atom stereocenters. The minimum atomic E-state index is -0.904. The first-order chi connectivity index (χ1) is 8.88. The number of rotatable bonds is 9. The van der Waals surface area contributed by atoms with Crippen molar-refractivity contribution >= 4 is 12.0 Å². The summed E-state index contributed by atoms with van der Waals surface area (Å²) in [5.41, 5.74) is 0. The largest absolute Gasteiger partial charge is 0.481 e. The molecule has 112 valence electrons. The topological polar surface area (TPSA) is 78.9 Å². The maximum Gasteiger partial charge on any atom is 0.317 e. The van der Waals surface area contributed by atoms with Gasteiger partial charge in [0.1, 0.15) is 0 Å². The second kappa shape index (κ2) is 9.61. The molecule has 6 heteroatoms. The fraction of sp³-hybridized carbons (Fsp3) is 0.846. The number of amides is 2. The van der Waals surface area contributed by atoms with Crippen molar-refractivity contribution in [1.82, 2.24) is 10.2 Å². The van der Waals surface area contributed by atoms with Crippen LogP contribution in [-0.4, -0.2) is 54.4 Å². The molecule has 0 rings (SSSR count). The number of nitrogens with zero attached hydrogens (tertiary/aromatic N) is 1. The van der Waals surface area contributed by atoms with Crippen molar-refractivity contribution in [3.05, 3.63) is 0 Å². The van der Waals surface area contributed by atoms with Crippen LogP contribution in [-0.2, 0) is 9.53 Å². The Labute approximate surface area is 115 Å². The lowest BCUT2D eigenvalue weighted by atomic mass is 10.2. The number of urea groups is 1. The molecule has 0 heterocycles. The number of carbonyl (C=O) groups excluding carboxylic acids is 1. The van der Waals surface area contributed by atoms with E-state index in [4.69, 9.17) is 9.84 Å². The fourth-order valence-corrected chi connectivity index (χ4v) is 1.67. The van der Waals surface area contributed by atoms with E-state index in [0.29, 0.717) is 32.2 Å². The van der Waals surface area contributed by atoms with Gasteiger partial charge in [-0.3, -0.25) is 4.79 Å². The third-order valence-electron chi connectivity index (χ3n) is 2.58. The van der Waals surface area contributed by atoms with Crippen molar-refractivity contribution in [2.45, 2.75) is 40.2 Å². The molecular weight excluding hydrogens is 248 g/mol. The van der Waals surface area contributed by atoms with Crippen molar-refractivity contribution in [2.75, 3.05) is 26.3 Å². The number of aliphatic carboxylic acids is 1. The molecule has 1 atom stereocenters. The van der Waals surface area contributed by atoms with Gasteiger partial charge in [0.2, 0.25) is 0 Å². The van der Waals surface area contributed by atoms with Gasteiger partial charge < -0.3 is 20.1 Å². The molecule has 2 N–H and O–H groups in total. The molecule has 0 spiro atoms. The predicted octanol–water partition coefficient (Wildman–Crippen LogP) is 1.55. The Hall–Kier alpha value is -1.30. The van der Waals surface area contributed by atoms with Gasteiger partial charge in [-0.2, -0.15) is 0 Å². The van der Waals surface area contributed by atoms with E-state index in [1.165, 1.54) is 4.90 Å². The van der Waals surface area contributed by atoms with E-state index < -0.39 is 5.97 Å². The predicted molar refractivity (Wildman–Crippen MR) is 73.2 cm³/mol. The highest BCUT2D eigenvalue weighted by Gasteiger charge is 2.20. The Morgan fingerprint density at radius 2 is 1.95 bits per heavy atom. The lowest BCUT2D eigenvalue weighted by molar-refractivity contribution is -0.138. The van der Waals surface area contributed by atoms with E-state index >= 15 is 0 Å². The molecule has 0 aromatic heterocycles. The highest BCUT2D eigenvalue weighted by molar-refractivity contribution is 5.75. The van der Waals surface area contributed by atoms with Crippen LogP contribution in [0.25, 0.3) is 0 Å². The molecule has 0 saturated heterocycles. The molecule has 0 aliphatic heterocycles. The summed E-state index contributed by atoms with van der Waals surface area (Å²) in [6.45, 7) is 9.72. The summed E-state index contributed by atoms with van der Waals surface area (Å²) >= 11 is 0. The molecule has 0 fully saturated rings. The second-order valence-corrected chi connectivity index (χ2v) is 4.93. The van der Waals surface area contributed by atoms with Gasteiger partial charge >= 0.3 is 12.0 Å². The maximum absolute atomic E-state index is 11.9. The molecule has 0 aromatic rings. The van der Waals surface area contributed by atoms with Gasteiger partial charge in [-0.25, -0.2) is 4.79 Å². The van der Waals surface area contributed by atoms with E-state index in [2.05, 4.69) is 19.2 Å². The van der Waals surface area contributed by atoms with Crippen molar-refractivity contribution in [3.8, 4) is 0 Å². The summed E-state index contributed by atoms with van der Waals surface area (Å²) in [5, 5.41) is 11.5. The van der Waals surface area contributed by atoms with Crippen molar-refractivity contribution in [2.24, 2.45) is 5.92 Å². The Kier molecular flexibility index (Phi) is 8.95. The summed E-state index contributed by atoms with van der Waals surface area (Å²) in [4.78, 5) is 24.0. The normalized spacial score (nSPS) is 12.3. The molecule has 0 saturated carbocycles. The zero-order valence-corrected chi connectivity index (χ0v) is 12.3. The van der Waals surface area contributed by atoms with Crippen LogP contribution in [0.5, 0.6) is 0 Å². The van der Waals surface area contributed by atoms with Crippen molar-refractivity contribution in [3.63, 3.8) is 0 Å². The SMILES string of the molecule is CCN(C(=O)NCCOCC(C)C)C(C)CC(=O)O. The first-order valence-corrected chi connectivity index (χ1v) is 6.72. The Morgan fingerprint density at radius 3 is 2.42 bits per heavy atom. The Morgan fingerprint density at radius 1 is 1.32 bits per heavy atom. The van der Waals surface area contributed by atoms with E-state index in [9.17, 15) is 9.59 Å². The van der Waals surface area contributed by atoms with Crippen LogP contribution in [0.1, 0.15) is 34.1 Å². The molecule has 0 aromatic carbocycles. The highest BCUT2D eigenvalue weighted by Crippen LogP contribution is 2.04. The first kappa shape index (κ1) is 17.7. The third-order valence-corrected chi connectivity index (χ3v) is 2.58. The van der Waals surface area contributed by atoms with Gasteiger partial charge in [-0.1, -0.05) is 13.8 Å². The number of hydrogen-bond donors (Lipinski definition) is 2. The summed E-state index contributed by atoms with van der Waals surface area (Å²) in [5.74, 6) is -0.433.